The van der Waals surface area contributed by atoms with Gasteiger partial charge in [-0.1, -0.05) is 12.1 Å². The molecule has 0 unspecified atom stereocenters. The molecule has 0 saturated carbocycles. The lowest BCUT2D eigenvalue weighted by Crippen LogP contribution is -2.00. The van der Waals surface area contributed by atoms with Crippen LogP contribution in [-0.2, 0) is 9.05 Å². The predicted octanol–water partition coefficient (Wildman–Crippen LogP) is 2.90. The van der Waals surface area contributed by atoms with E-state index in [-0.39, 0.29) is 5.75 Å². The Bertz CT molecular complexity index is 688. The maximum atomic E-state index is 10.9. The Kier molecular flexibility index (Phi) is 4.54. The number of thioether (sulfide) groups is 1. The van der Waals surface area contributed by atoms with E-state index in [2.05, 4.69) is 4.98 Å². The minimum absolute atomic E-state index is 0.0821. The molecule has 19 heavy (non-hydrogen) atoms. The number of pyridine rings is 1. The highest BCUT2D eigenvalue weighted by atomic mass is 35.7. The van der Waals surface area contributed by atoms with Crippen molar-refractivity contribution in [3.63, 3.8) is 0 Å². The van der Waals surface area contributed by atoms with Crippen molar-refractivity contribution in [2.45, 2.75) is 5.03 Å². The van der Waals surface area contributed by atoms with E-state index in [1.54, 1.807) is 13.3 Å². The molecule has 0 N–H and O–H groups in total. The zero-order valence-electron chi connectivity index (χ0n) is 10.2. The highest BCUT2D eigenvalue weighted by molar-refractivity contribution is 8.14. The number of rotatable bonds is 5. The summed E-state index contributed by atoms with van der Waals surface area (Å²) in [6.07, 6.45) is 1.68. The summed E-state index contributed by atoms with van der Waals surface area (Å²) < 4.78 is 27.1. The summed E-state index contributed by atoms with van der Waals surface area (Å²) in [7, 11) is 3.34. The smallest absolute Gasteiger partial charge is 0.233 e. The molecule has 0 atom stereocenters. The van der Waals surface area contributed by atoms with Gasteiger partial charge in [0.2, 0.25) is 9.05 Å². The maximum Gasteiger partial charge on any atom is 0.233 e. The number of hydrogen-bond acceptors (Lipinski definition) is 5. The van der Waals surface area contributed by atoms with E-state index < -0.39 is 9.05 Å². The van der Waals surface area contributed by atoms with Gasteiger partial charge in [0.15, 0.2) is 0 Å². The van der Waals surface area contributed by atoms with Crippen LogP contribution < -0.4 is 4.74 Å². The van der Waals surface area contributed by atoms with Crippen LogP contribution in [0.3, 0.4) is 0 Å². The van der Waals surface area contributed by atoms with Crippen LogP contribution >= 0.6 is 22.4 Å². The number of aromatic nitrogens is 1. The van der Waals surface area contributed by atoms with Crippen molar-refractivity contribution in [1.82, 2.24) is 4.98 Å². The fraction of sp³-hybridized carbons (Fsp3) is 0.250. The molecule has 0 bridgehead atoms. The number of nitrogens with zero attached hydrogens (tertiary/aromatic N) is 1. The second-order valence-corrected chi connectivity index (χ2v) is 7.74. The molecular formula is C12H12ClNO3S2. The lowest BCUT2D eigenvalue weighted by molar-refractivity contribution is 0.419. The summed E-state index contributed by atoms with van der Waals surface area (Å²) in [4.78, 5) is 4.27. The first-order valence-corrected chi connectivity index (χ1v) is 8.94. The molecule has 0 aliphatic rings. The van der Waals surface area contributed by atoms with Gasteiger partial charge in [0.05, 0.1) is 12.9 Å². The summed E-state index contributed by atoms with van der Waals surface area (Å²) in [6.45, 7) is 0. The Morgan fingerprint density at radius 3 is 2.79 bits per heavy atom. The van der Waals surface area contributed by atoms with E-state index in [0.29, 0.717) is 5.75 Å². The van der Waals surface area contributed by atoms with E-state index in [4.69, 9.17) is 15.4 Å². The highest BCUT2D eigenvalue weighted by Gasteiger charge is 2.09. The number of ether oxygens (including phenoxy) is 1. The molecule has 2 rings (SSSR count). The molecule has 1 heterocycles. The van der Waals surface area contributed by atoms with Crippen molar-refractivity contribution < 1.29 is 13.2 Å². The second-order valence-electron chi connectivity index (χ2n) is 3.76. The van der Waals surface area contributed by atoms with Gasteiger partial charge < -0.3 is 4.74 Å². The number of benzene rings is 1. The normalized spacial score (nSPS) is 11.7. The summed E-state index contributed by atoms with van der Waals surface area (Å²) in [5.41, 5.74) is 0. The topological polar surface area (TPSA) is 56.3 Å². The van der Waals surface area contributed by atoms with E-state index in [9.17, 15) is 8.42 Å². The predicted molar refractivity (Wildman–Crippen MR) is 78.7 cm³/mol. The molecule has 4 nitrogen and oxygen atoms in total. The summed E-state index contributed by atoms with van der Waals surface area (Å²) in [5.74, 6) is 1.06. The minimum atomic E-state index is -3.46. The molecule has 7 heteroatoms. The summed E-state index contributed by atoms with van der Waals surface area (Å²) in [5, 5.41) is 2.67. The molecule has 1 aromatic carbocycles. The maximum absolute atomic E-state index is 10.9. The minimum Gasteiger partial charge on any atom is -0.496 e. The van der Waals surface area contributed by atoms with Gasteiger partial charge in [0.1, 0.15) is 10.8 Å². The first kappa shape index (κ1) is 14.4. The molecule has 0 aliphatic carbocycles. The third kappa shape index (κ3) is 3.75. The fourth-order valence-electron chi connectivity index (χ4n) is 1.68. The number of halogens is 1. The Hall–Kier alpha value is -0.980. The first-order chi connectivity index (χ1) is 9.01. The zero-order chi connectivity index (χ0) is 13.9. The van der Waals surface area contributed by atoms with E-state index in [1.807, 2.05) is 24.3 Å². The van der Waals surface area contributed by atoms with Crippen LogP contribution in [0, 0.1) is 0 Å². The average molecular weight is 318 g/mol. The van der Waals surface area contributed by atoms with Crippen molar-refractivity contribution in [3.8, 4) is 5.75 Å². The van der Waals surface area contributed by atoms with Gasteiger partial charge in [-0.3, -0.25) is 0 Å². The van der Waals surface area contributed by atoms with Gasteiger partial charge in [-0.2, -0.15) is 0 Å². The number of hydrogen-bond donors (Lipinski definition) is 0. The third-order valence-electron chi connectivity index (χ3n) is 2.52. The average Bonchev–Trinajstić information content (AvgIpc) is 2.37. The van der Waals surface area contributed by atoms with Gasteiger partial charge in [-0.25, -0.2) is 13.4 Å². The van der Waals surface area contributed by atoms with Crippen LogP contribution in [0.4, 0.5) is 0 Å². The number of methoxy groups -OCH3 is 1. The molecule has 0 amide bonds. The van der Waals surface area contributed by atoms with E-state index in [0.717, 1.165) is 21.5 Å². The monoisotopic (exact) mass is 317 g/mol. The second kappa shape index (κ2) is 5.98. The Balaban J connectivity index is 2.29. The molecule has 2 aromatic rings. The fourth-order valence-corrected chi connectivity index (χ4v) is 4.04. The molecular weight excluding hydrogens is 306 g/mol. The molecule has 0 saturated heterocycles. The van der Waals surface area contributed by atoms with Crippen molar-refractivity contribution in [2.24, 2.45) is 0 Å². The van der Waals surface area contributed by atoms with Gasteiger partial charge in [0.25, 0.3) is 0 Å². The Morgan fingerprint density at radius 1 is 1.32 bits per heavy atom. The quantitative estimate of drug-likeness (QED) is 0.627. The van der Waals surface area contributed by atoms with Gasteiger partial charge in [-0.15, -0.1) is 11.8 Å². The lowest BCUT2D eigenvalue weighted by atomic mass is 10.1. The van der Waals surface area contributed by atoms with Gasteiger partial charge in [-0.05, 0) is 12.1 Å². The lowest BCUT2D eigenvalue weighted by Gasteiger charge is -2.08. The van der Waals surface area contributed by atoms with Crippen molar-refractivity contribution in [3.05, 3.63) is 30.5 Å². The van der Waals surface area contributed by atoms with E-state index in [1.165, 1.54) is 11.8 Å². The SMILES string of the molecule is COc1cccc2c(SCCS(=O)(=O)Cl)nccc12. The highest BCUT2D eigenvalue weighted by Crippen LogP contribution is 2.31. The van der Waals surface area contributed by atoms with Gasteiger partial charge >= 0.3 is 0 Å². The van der Waals surface area contributed by atoms with Crippen LogP contribution in [0.25, 0.3) is 10.8 Å². The summed E-state index contributed by atoms with van der Waals surface area (Å²) >= 11 is 1.37. The third-order valence-corrected chi connectivity index (χ3v) is 4.94. The van der Waals surface area contributed by atoms with Crippen molar-refractivity contribution in [1.29, 1.82) is 0 Å². The van der Waals surface area contributed by atoms with Crippen LogP contribution in [-0.4, -0.2) is 32.0 Å². The molecule has 0 aliphatic heterocycles. The van der Waals surface area contributed by atoms with Crippen LogP contribution in [0.15, 0.2) is 35.5 Å². The molecule has 0 spiro atoms. The molecule has 0 radical (unpaired) electrons. The Morgan fingerprint density at radius 2 is 2.11 bits per heavy atom. The standard InChI is InChI=1S/C12H12ClNO3S2/c1-17-11-4-2-3-10-9(11)5-6-14-12(10)18-7-8-19(13,15)16/h2-6H,7-8H2,1H3. The molecule has 1 aromatic heterocycles. The number of fused-ring (bicyclic) bond motifs is 1. The van der Waals surface area contributed by atoms with Crippen LogP contribution in [0.1, 0.15) is 0 Å². The van der Waals surface area contributed by atoms with Crippen LogP contribution in [0.2, 0.25) is 0 Å². The van der Waals surface area contributed by atoms with Crippen molar-refractivity contribution in [2.75, 3.05) is 18.6 Å². The largest absolute Gasteiger partial charge is 0.496 e. The van der Waals surface area contributed by atoms with Crippen LogP contribution in [0.5, 0.6) is 5.75 Å². The summed E-state index contributed by atoms with van der Waals surface area (Å²) in [6, 6.07) is 7.56. The van der Waals surface area contributed by atoms with E-state index >= 15 is 0 Å². The molecule has 102 valence electrons. The van der Waals surface area contributed by atoms with Crippen molar-refractivity contribution >= 4 is 42.3 Å². The van der Waals surface area contributed by atoms with Gasteiger partial charge in [0, 0.05) is 33.4 Å². The Labute approximate surface area is 120 Å². The molecule has 0 fully saturated rings. The zero-order valence-corrected chi connectivity index (χ0v) is 12.6. The first-order valence-electron chi connectivity index (χ1n) is 5.48.